The van der Waals surface area contributed by atoms with Crippen molar-refractivity contribution in [3.63, 3.8) is 0 Å². The first-order valence-corrected chi connectivity index (χ1v) is 8.50. The second-order valence-corrected chi connectivity index (χ2v) is 6.44. The quantitative estimate of drug-likeness (QED) is 0.770. The third kappa shape index (κ3) is 2.58. The molecule has 2 aromatic carbocycles. The molecule has 0 radical (unpaired) electrons. The zero-order valence-corrected chi connectivity index (χ0v) is 14.7. The Morgan fingerprint density at radius 1 is 0.769 bits per heavy atom. The fourth-order valence-electron chi connectivity index (χ4n) is 3.44. The van der Waals surface area contributed by atoms with Gasteiger partial charge in [0.25, 0.3) is 5.91 Å². The standard InChI is InChI=1S/C21H19N3O2/c1-14-7-3-5-9-17(14)23-13-24(18-11-12-20(25)22-15(18)2)21(26)16-8-4-6-10-19(16)23/h3-12H,13H2,1-2H3,(H,22,25). The van der Waals surface area contributed by atoms with Crippen LogP contribution in [0.25, 0.3) is 0 Å². The van der Waals surface area contributed by atoms with Gasteiger partial charge in [-0.2, -0.15) is 0 Å². The van der Waals surface area contributed by atoms with E-state index in [2.05, 4.69) is 28.9 Å². The van der Waals surface area contributed by atoms with Gasteiger partial charge in [-0.3, -0.25) is 14.5 Å². The molecule has 0 aliphatic carbocycles. The Labute approximate surface area is 151 Å². The highest BCUT2D eigenvalue weighted by molar-refractivity contribution is 6.12. The SMILES string of the molecule is Cc1ccccc1N1CN(c2ccc(=O)[nH]c2C)C(=O)c2ccccc21. The van der Waals surface area contributed by atoms with Crippen molar-refractivity contribution in [2.45, 2.75) is 13.8 Å². The molecule has 0 bridgehead atoms. The van der Waals surface area contributed by atoms with Crippen molar-refractivity contribution in [2.24, 2.45) is 0 Å². The maximum atomic E-state index is 13.1. The van der Waals surface area contributed by atoms with E-state index in [0.29, 0.717) is 23.6 Å². The Hall–Kier alpha value is -3.34. The minimum atomic E-state index is -0.174. The van der Waals surface area contributed by atoms with Gasteiger partial charge in [-0.15, -0.1) is 0 Å². The molecule has 4 rings (SSSR count). The number of benzene rings is 2. The van der Waals surface area contributed by atoms with E-state index in [4.69, 9.17) is 0 Å². The number of carbonyl (C=O) groups is 1. The van der Waals surface area contributed by atoms with Crippen LogP contribution in [0.5, 0.6) is 0 Å². The second kappa shape index (κ2) is 6.19. The fourth-order valence-corrected chi connectivity index (χ4v) is 3.44. The molecule has 0 unspecified atom stereocenters. The molecule has 0 saturated carbocycles. The van der Waals surface area contributed by atoms with E-state index in [1.54, 1.807) is 11.0 Å². The normalized spacial score (nSPS) is 13.7. The lowest BCUT2D eigenvalue weighted by atomic mass is 10.0. The molecule has 1 N–H and O–H groups in total. The summed E-state index contributed by atoms with van der Waals surface area (Å²) in [5.41, 5.74) is 4.94. The maximum absolute atomic E-state index is 13.1. The van der Waals surface area contributed by atoms with Crippen LogP contribution in [0.15, 0.2) is 65.5 Å². The third-order valence-electron chi connectivity index (χ3n) is 4.74. The van der Waals surface area contributed by atoms with Gasteiger partial charge in [0.2, 0.25) is 5.56 Å². The largest absolute Gasteiger partial charge is 0.324 e. The number of aryl methyl sites for hydroxylation is 2. The maximum Gasteiger partial charge on any atom is 0.261 e. The van der Waals surface area contributed by atoms with E-state index in [1.165, 1.54) is 6.07 Å². The molecule has 0 spiro atoms. The number of hydrogen-bond donors (Lipinski definition) is 1. The predicted molar refractivity (Wildman–Crippen MR) is 103 cm³/mol. The summed E-state index contributed by atoms with van der Waals surface area (Å²) in [5, 5.41) is 0. The minimum Gasteiger partial charge on any atom is -0.324 e. The number of nitrogens with zero attached hydrogens (tertiary/aromatic N) is 2. The minimum absolute atomic E-state index is 0.0689. The molecule has 5 heteroatoms. The molecule has 1 amide bonds. The number of carbonyl (C=O) groups excluding carboxylic acids is 1. The molecule has 5 nitrogen and oxygen atoms in total. The van der Waals surface area contributed by atoms with Gasteiger partial charge in [0, 0.05) is 17.4 Å². The highest BCUT2D eigenvalue weighted by Gasteiger charge is 2.32. The Bertz CT molecular complexity index is 1050. The zero-order valence-electron chi connectivity index (χ0n) is 14.7. The summed E-state index contributed by atoms with van der Waals surface area (Å²) in [6, 6.07) is 18.9. The van der Waals surface area contributed by atoms with Gasteiger partial charge >= 0.3 is 0 Å². The summed E-state index contributed by atoms with van der Waals surface area (Å²) >= 11 is 0. The van der Waals surface area contributed by atoms with Gasteiger partial charge in [0.15, 0.2) is 0 Å². The number of hydrogen-bond acceptors (Lipinski definition) is 3. The van der Waals surface area contributed by atoms with Crippen molar-refractivity contribution >= 4 is 23.0 Å². The van der Waals surface area contributed by atoms with Crippen molar-refractivity contribution in [2.75, 3.05) is 16.5 Å². The van der Waals surface area contributed by atoms with Gasteiger partial charge in [0.05, 0.1) is 16.9 Å². The number of para-hydroxylation sites is 2. The highest BCUT2D eigenvalue weighted by Crippen LogP contribution is 2.37. The molecule has 2 heterocycles. The van der Waals surface area contributed by atoms with Crippen LogP contribution >= 0.6 is 0 Å². The van der Waals surface area contributed by atoms with Crippen LogP contribution < -0.4 is 15.4 Å². The number of aromatic nitrogens is 1. The lowest BCUT2D eigenvalue weighted by Crippen LogP contribution is -2.45. The van der Waals surface area contributed by atoms with Crippen LogP contribution in [-0.4, -0.2) is 17.6 Å². The number of pyridine rings is 1. The molecule has 130 valence electrons. The monoisotopic (exact) mass is 345 g/mol. The Kier molecular flexibility index (Phi) is 3.84. The van der Waals surface area contributed by atoms with Crippen LogP contribution in [0.4, 0.5) is 17.1 Å². The molecule has 0 fully saturated rings. The summed E-state index contributed by atoms with van der Waals surface area (Å²) in [5.74, 6) is -0.0689. The molecule has 3 aromatic rings. The first kappa shape index (κ1) is 16.1. The highest BCUT2D eigenvalue weighted by atomic mass is 16.2. The van der Waals surface area contributed by atoms with Gasteiger partial charge in [0.1, 0.15) is 6.67 Å². The fraction of sp³-hybridized carbons (Fsp3) is 0.143. The molecule has 1 aromatic heterocycles. The van der Waals surface area contributed by atoms with Crippen LogP contribution in [0.1, 0.15) is 21.6 Å². The number of anilines is 3. The number of amides is 1. The number of aromatic amines is 1. The smallest absolute Gasteiger partial charge is 0.261 e. The third-order valence-corrected chi connectivity index (χ3v) is 4.74. The molecular formula is C21H19N3O2. The van der Waals surface area contributed by atoms with Gasteiger partial charge in [-0.1, -0.05) is 30.3 Å². The number of H-pyrrole nitrogens is 1. The van der Waals surface area contributed by atoms with Gasteiger partial charge < -0.3 is 9.88 Å². The average Bonchev–Trinajstić information content (AvgIpc) is 2.64. The Morgan fingerprint density at radius 3 is 2.19 bits per heavy atom. The predicted octanol–water partition coefficient (Wildman–Crippen LogP) is 3.75. The van der Waals surface area contributed by atoms with Crippen LogP contribution in [0.2, 0.25) is 0 Å². The molecular weight excluding hydrogens is 326 g/mol. The van der Waals surface area contributed by atoms with E-state index >= 15 is 0 Å². The summed E-state index contributed by atoms with van der Waals surface area (Å²) in [6.45, 7) is 4.25. The van der Waals surface area contributed by atoms with E-state index < -0.39 is 0 Å². The van der Waals surface area contributed by atoms with Crippen molar-refractivity contribution in [3.8, 4) is 0 Å². The molecule has 26 heavy (non-hydrogen) atoms. The Balaban J connectivity index is 1.88. The van der Waals surface area contributed by atoms with Crippen molar-refractivity contribution in [3.05, 3.63) is 87.8 Å². The summed E-state index contributed by atoms with van der Waals surface area (Å²) in [4.78, 5) is 31.3. The van der Waals surface area contributed by atoms with Crippen LogP contribution in [0.3, 0.4) is 0 Å². The van der Waals surface area contributed by atoms with E-state index in [9.17, 15) is 9.59 Å². The summed E-state index contributed by atoms with van der Waals surface area (Å²) in [6.07, 6.45) is 0. The first-order chi connectivity index (χ1) is 12.6. The topological polar surface area (TPSA) is 56.4 Å². The van der Waals surface area contributed by atoms with Crippen molar-refractivity contribution in [1.82, 2.24) is 4.98 Å². The summed E-state index contributed by atoms with van der Waals surface area (Å²) in [7, 11) is 0. The number of rotatable bonds is 2. The van der Waals surface area contributed by atoms with E-state index in [1.807, 2.05) is 43.3 Å². The molecule has 1 aliphatic heterocycles. The van der Waals surface area contributed by atoms with Crippen molar-refractivity contribution < 1.29 is 4.79 Å². The number of nitrogens with one attached hydrogen (secondary N) is 1. The second-order valence-electron chi connectivity index (χ2n) is 6.44. The van der Waals surface area contributed by atoms with Crippen LogP contribution in [-0.2, 0) is 0 Å². The van der Waals surface area contributed by atoms with E-state index in [0.717, 1.165) is 16.9 Å². The molecule has 1 aliphatic rings. The lowest BCUT2D eigenvalue weighted by molar-refractivity contribution is 0.0983. The first-order valence-electron chi connectivity index (χ1n) is 8.50. The van der Waals surface area contributed by atoms with Crippen LogP contribution in [0, 0.1) is 13.8 Å². The lowest BCUT2D eigenvalue weighted by Gasteiger charge is -2.39. The average molecular weight is 345 g/mol. The molecule has 0 saturated heterocycles. The van der Waals surface area contributed by atoms with Gasteiger partial charge in [-0.25, -0.2) is 0 Å². The van der Waals surface area contributed by atoms with E-state index in [-0.39, 0.29) is 11.5 Å². The summed E-state index contributed by atoms with van der Waals surface area (Å²) < 4.78 is 0. The van der Waals surface area contributed by atoms with Gasteiger partial charge in [-0.05, 0) is 43.7 Å². The zero-order chi connectivity index (χ0) is 18.3. The Morgan fingerprint density at radius 2 is 1.46 bits per heavy atom. The van der Waals surface area contributed by atoms with Crippen molar-refractivity contribution in [1.29, 1.82) is 0 Å². The molecule has 0 atom stereocenters. The number of fused-ring (bicyclic) bond motifs is 1.